The van der Waals surface area contributed by atoms with E-state index in [9.17, 15) is 0 Å². The van der Waals surface area contributed by atoms with Gasteiger partial charge in [-0.3, -0.25) is 0 Å². The fourth-order valence-corrected chi connectivity index (χ4v) is 2.75. The summed E-state index contributed by atoms with van der Waals surface area (Å²) < 4.78 is 12.4. The standard InChI is InChI=1S/C17H17BrO2/c18-15-5-8-16(9-6-15)19-10-11-20-17-7-4-13-2-1-3-14(13)12-17/h4-9,12H,1-3,10-11H2. The maximum Gasteiger partial charge on any atom is 0.122 e. The van der Waals surface area contributed by atoms with Crippen molar-refractivity contribution in [1.29, 1.82) is 0 Å². The summed E-state index contributed by atoms with van der Waals surface area (Å²) in [6.07, 6.45) is 3.66. The number of hydrogen-bond donors (Lipinski definition) is 0. The summed E-state index contributed by atoms with van der Waals surface area (Å²) in [4.78, 5) is 0. The second kappa shape index (κ2) is 6.31. The van der Waals surface area contributed by atoms with Crippen LogP contribution in [-0.2, 0) is 12.8 Å². The van der Waals surface area contributed by atoms with E-state index in [1.165, 1.54) is 30.4 Å². The SMILES string of the molecule is Brc1ccc(OCCOc2ccc3c(c2)CCC3)cc1. The van der Waals surface area contributed by atoms with E-state index in [2.05, 4.69) is 34.1 Å². The van der Waals surface area contributed by atoms with Crippen LogP contribution in [0.5, 0.6) is 11.5 Å². The van der Waals surface area contributed by atoms with Crippen LogP contribution in [0.3, 0.4) is 0 Å². The molecule has 1 aliphatic rings. The number of halogens is 1. The molecule has 2 nitrogen and oxygen atoms in total. The third-order valence-electron chi connectivity index (χ3n) is 3.50. The Bertz CT molecular complexity index is 578. The molecule has 0 radical (unpaired) electrons. The van der Waals surface area contributed by atoms with Gasteiger partial charge in [-0.2, -0.15) is 0 Å². The van der Waals surface area contributed by atoms with Gasteiger partial charge in [0.05, 0.1) is 0 Å². The summed E-state index contributed by atoms with van der Waals surface area (Å²) in [6, 6.07) is 14.2. The Morgan fingerprint density at radius 2 is 1.45 bits per heavy atom. The number of aryl methyl sites for hydroxylation is 2. The highest BCUT2D eigenvalue weighted by Gasteiger charge is 2.10. The molecular formula is C17H17BrO2. The second-order valence-corrected chi connectivity index (χ2v) is 5.85. The first-order valence-electron chi connectivity index (χ1n) is 6.94. The largest absolute Gasteiger partial charge is 0.490 e. The van der Waals surface area contributed by atoms with Gasteiger partial charge in [-0.25, -0.2) is 0 Å². The number of hydrogen-bond acceptors (Lipinski definition) is 2. The fourth-order valence-electron chi connectivity index (χ4n) is 2.49. The Hall–Kier alpha value is -1.48. The molecule has 3 rings (SSSR count). The van der Waals surface area contributed by atoms with Gasteiger partial charge >= 0.3 is 0 Å². The van der Waals surface area contributed by atoms with Gasteiger partial charge in [0.25, 0.3) is 0 Å². The molecule has 0 bridgehead atoms. The van der Waals surface area contributed by atoms with Crippen molar-refractivity contribution < 1.29 is 9.47 Å². The van der Waals surface area contributed by atoms with Gasteiger partial charge in [0.2, 0.25) is 0 Å². The van der Waals surface area contributed by atoms with Gasteiger partial charge in [0, 0.05) is 4.47 Å². The van der Waals surface area contributed by atoms with Crippen molar-refractivity contribution >= 4 is 15.9 Å². The highest BCUT2D eigenvalue weighted by atomic mass is 79.9. The van der Waals surface area contributed by atoms with Crippen LogP contribution in [0, 0.1) is 0 Å². The average molecular weight is 333 g/mol. The van der Waals surface area contributed by atoms with E-state index in [4.69, 9.17) is 9.47 Å². The van der Waals surface area contributed by atoms with Gasteiger partial charge in [0.1, 0.15) is 24.7 Å². The number of benzene rings is 2. The number of ether oxygens (including phenoxy) is 2. The number of fused-ring (bicyclic) bond motifs is 1. The number of rotatable bonds is 5. The highest BCUT2D eigenvalue weighted by Crippen LogP contribution is 2.26. The normalized spacial score (nSPS) is 13.1. The summed E-state index contributed by atoms with van der Waals surface area (Å²) in [5.41, 5.74) is 2.92. The quantitative estimate of drug-likeness (QED) is 0.756. The maximum atomic E-state index is 5.74. The Balaban J connectivity index is 1.47. The van der Waals surface area contributed by atoms with Crippen LogP contribution in [0.2, 0.25) is 0 Å². The third-order valence-corrected chi connectivity index (χ3v) is 4.03. The minimum atomic E-state index is 0.554. The first kappa shape index (κ1) is 13.5. The van der Waals surface area contributed by atoms with Crippen LogP contribution in [0.4, 0.5) is 0 Å². The molecule has 0 spiro atoms. The van der Waals surface area contributed by atoms with E-state index in [-0.39, 0.29) is 0 Å². The zero-order chi connectivity index (χ0) is 13.8. The zero-order valence-electron chi connectivity index (χ0n) is 11.3. The minimum absolute atomic E-state index is 0.554. The van der Waals surface area contributed by atoms with Crippen molar-refractivity contribution in [2.24, 2.45) is 0 Å². The van der Waals surface area contributed by atoms with Crippen molar-refractivity contribution in [2.75, 3.05) is 13.2 Å². The van der Waals surface area contributed by atoms with Crippen LogP contribution < -0.4 is 9.47 Å². The predicted molar refractivity (Wildman–Crippen MR) is 83.6 cm³/mol. The summed E-state index contributed by atoms with van der Waals surface area (Å²) in [7, 11) is 0. The molecule has 0 saturated carbocycles. The van der Waals surface area contributed by atoms with Gasteiger partial charge in [-0.05, 0) is 66.8 Å². The molecule has 104 valence electrons. The van der Waals surface area contributed by atoms with E-state index in [1.807, 2.05) is 24.3 Å². The smallest absolute Gasteiger partial charge is 0.122 e. The van der Waals surface area contributed by atoms with Crippen molar-refractivity contribution in [3.05, 3.63) is 58.1 Å². The zero-order valence-corrected chi connectivity index (χ0v) is 12.9. The molecule has 0 atom stereocenters. The Morgan fingerprint density at radius 3 is 2.25 bits per heavy atom. The molecule has 0 heterocycles. The van der Waals surface area contributed by atoms with Crippen LogP contribution in [-0.4, -0.2) is 13.2 Å². The van der Waals surface area contributed by atoms with Crippen molar-refractivity contribution in [3.8, 4) is 11.5 Å². The van der Waals surface area contributed by atoms with E-state index >= 15 is 0 Å². The second-order valence-electron chi connectivity index (χ2n) is 4.93. The van der Waals surface area contributed by atoms with Crippen LogP contribution in [0.15, 0.2) is 46.9 Å². The molecule has 0 amide bonds. The molecule has 3 heteroatoms. The van der Waals surface area contributed by atoms with Crippen LogP contribution >= 0.6 is 15.9 Å². The van der Waals surface area contributed by atoms with Gasteiger partial charge in [-0.1, -0.05) is 22.0 Å². The average Bonchev–Trinajstić information content (AvgIpc) is 2.93. The van der Waals surface area contributed by atoms with E-state index in [0.717, 1.165) is 16.0 Å². The molecule has 0 N–H and O–H groups in total. The van der Waals surface area contributed by atoms with Gasteiger partial charge in [-0.15, -0.1) is 0 Å². The van der Waals surface area contributed by atoms with Crippen LogP contribution in [0.1, 0.15) is 17.5 Å². The van der Waals surface area contributed by atoms with Gasteiger partial charge < -0.3 is 9.47 Å². The first-order chi connectivity index (χ1) is 9.81. The van der Waals surface area contributed by atoms with Gasteiger partial charge in [0.15, 0.2) is 0 Å². The van der Waals surface area contributed by atoms with E-state index < -0.39 is 0 Å². The lowest BCUT2D eigenvalue weighted by Gasteiger charge is -2.09. The summed E-state index contributed by atoms with van der Waals surface area (Å²) >= 11 is 3.40. The predicted octanol–water partition coefficient (Wildman–Crippen LogP) is 4.40. The monoisotopic (exact) mass is 332 g/mol. The molecule has 0 unspecified atom stereocenters. The molecule has 1 aliphatic carbocycles. The minimum Gasteiger partial charge on any atom is -0.490 e. The lowest BCUT2D eigenvalue weighted by Crippen LogP contribution is -2.09. The first-order valence-corrected chi connectivity index (χ1v) is 7.73. The van der Waals surface area contributed by atoms with E-state index in [0.29, 0.717) is 13.2 Å². The van der Waals surface area contributed by atoms with Crippen molar-refractivity contribution in [2.45, 2.75) is 19.3 Å². The molecule has 0 fully saturated rings. The van der Waals surface area contributed by atoms with Crippen LogP contribution in [0.25, 0.3) is 0 Å². The topological polar surface area (TPSA) is 18.5 Å². The van der Waals surface area contributed by atoms with Crippen molar-refractivity contribution in [3.63, 3.8) is 0 Å². The molecule has 0 aliphatic heterocycles. The molecule has 2 aromatic rings. The molecule has 2 aromatic carbocycles. The lowest BCUT2D eigenvalue weighted by molar-refractivity contribution is 0.217. The Morgan fingerprint density at radius 1 is 0.800 bits per heavy atom. The molecule has 0 aromatic heterocycles. The fraction of sp³-hybridized carbons (Fsp3) is 0.294. The van der Waals surface area contributed by atoms with Crippen molar-refractivity contribution in [1.82, 2.24) is 0 Å². The summed E-state index contributed by atoms with van der Waals surface area (Å²) in [5.74, 6) is 1.82. The molecular weight excluding hydrogens is 316 g/mol. The summed E-state index contributed by atoms with van der Waals surface area (Å²) in [6.45, 7) is 1.12. The third kappa shape index (κ3) is 3.34. The summed E-state index contributed by atoms with van der Waals surface area (Å²) in [5, 5.41) is 0. The lowest BCUT2D eigenvalue weighted by atomic mass is 10.1. The maximum absolute atomic E-state index is 5.74. The Labute approximate surface area is 127 Å². The highest BCUT2D eigenvalue weighted by molar-refractivity contribution is 9.10. The molecule has 20 heavy (non-hydrogen) atoms. The Kier molecular flexibility index (Phi) is 4.26. The van der Waals surface area contributed by atoms with E-state index in [1.54, 1.807) is 0 Å². The molecule has 0 saturated heterocycles.